The average molecular weight is 1330 g/mol. The molecule has 0 spiro atoms. The van der Waals surface area contributed by atoms with Crippen molar-refractivity contribution in [2.24, 2.45) is 0 Å². The molecule has 44 heteroatoms. The van der Waals surface area contributed by atoms with Crippen LogP contribution in [0.1, 0.15) is 11.1 Å². The number of nitrogens with zero attached hydrogens (tertiary/aromatic N) is 8. The van der Waals surface area contributed by atoms with Gasteiger partial charge in [-0.25, -0.2) is 50.5 Å². The van der Waals surface area contributed by atoms with Crippen molar-refractivity contribution in [3.05, 3.63) is 83.9 Å². The molecule has 6 aromatic rings. The van der Waals surface area contributed by atoms with Crippen LogP contribution in [0.3, 0.4) is 0 Å². The molecule has 0 saturated carbocycles. The van der Waals surface area contributed by atoms with E-state index in [-0.39, 0.29) is 264 Å². The first-order chi connectivity index (χ1) is 36.4. The number of benzene rings is 4. The van der Waals surface area contributed by atoms with Crippen LogP contribution < -0.4 is 208 Å². The van der Waals surface area contributed by atoms with E-state index in [0.29, 0.717) is 36.4 Å². The summed E-state index contributed by atoms with van der Waals surface area (Å²) in [6, 6.07) is 9.81. The Morgan fingerprint density at radius 3 is 0.952 bits per heavy atom. The van der Waals surface area contributed by atoms with Gasteiger partial charge < -0.3 is 67.9 Å². The Bertz CT molecular complexity index is 3860. The van der Waals surface area contributed by atoms with Gasteiger partial charge in [-0.05, 0) is 71.8 Å². The fourth-order valence-electron chi connectivity index (χ4n) is 7.33. The maximum atomic E-state index is 12.7. The fraction of sp³-hybridized carbons (Fsp3) is 0.200. The molecule has 2 aliphatic rings. The third-order valence-electron chi connectivity index (χ3n) is 10.9. The number of nitrogens with one attached hydrogen (secondary N) is 4. The molecule has 4 heterocycles. The zero-order valence-electron chi connectivity index (χ0n) is 44.9. The van der Waals surface area contributed by atoms with Gasteiger partial charge in [-0.15, -0.1) is 0 Å². The summed E-state index contributed by atoms with van der Waals surface area (Å²) in [5, 5.41) is 10.2. The Morgan fingerprint density at radius 2 is 0.667 bits per heavy atom. The second-order valence-electron chi connectivity index (χ2n) is 16.1. The van der Waals surface area contributed by atoms with E-state index in [1.54, 1.807) is 9.80 Å². The second kappa shape index (κ2) is 32.2. The van der Waals surface area contributed by atoms with Crippen LogP contribution >= 0.6 is 0 Å². The summed E-state index contributed by atoms with van der Waals surface area (Å²) in [4.78, 5) is 22.8. The molecule has 4 N–H and O–H groups in total. The molecule has 416 valence electrons. The smallest absolute Gasteiger partial charge is 0.744 e. The standard InChI is InChI=1S/C40H40N12O20S6.6Na/c53-73(54,55)27-7-9-31(75(59,60)61)29(21-27)43-37-45-35(47-39(49-37)51-11-15-71-16-12-51)41-25-5-3-23(33(19-25)77(65,66)67)1-2-24-4-6-26(20-34(24)78(68,69)70)42-36-46-38(50-40(48-36)52-13-17-72-18-14-52)44-30-22-28(74(56,57)58)8-10-32(30)76(62,63)64;;;;;;/h1-10,19-22H,11-18H2,(H,53,54,55)(H,56,57,58)(H,59,60,61)(H,62,63,64)(H,65,66,67)(H,68,69,70)(H2,41,43,45,47,49)(H2,42,44,46,48,50);;;;;;/q;6*+1/p-6/b2-1-;;;;;;. The van der Waals surface area contributed by atoms with Gasteiger partial charge in [0.1, 0.15) is 60.7 Å². The second-order valence-corrected chi connectivity index (χ2v) is 24.3. The molecule has 84 heavy (non-hydrogen) atoms. The molecule has 2 aromatic heterocycles. The van der Waals surface area contributed by atoms with Crippen molar-refractivity contribution in [2.45, 2.75) is 29.4 Å². The molecule has 2 aliphatic heterocycles. The third-order valence-corrected chi connectivity index (χ3v) is 16.1. The van der Waals surface area contributed by atoms with Gasteiger partial charge in [0.15, 0.2) is 0 Å². The first kappa shape index (κ1) is 78.9. The van der Waals surface area contributed by atoms with Crippen LogP contribution in [-0.2, 0) is 70.2 Å². The minimum Gasteiger partial charge on any atom is -0.744 e. The number of aromatic nitrogens is 6. The van der Waals surface area contributed by atoms with Gasteiger partial charge in [-0.3, -0.25) is 0 Å². The number of morpholine rings is 2. The van der Waals surface area contributed by atoms with E-state index in [4.69, 9.17) is 9.47 Å². The SMILES string of the molecule is O=S(=O)([O-])c1ccc(S(=O)(=O)[O-])c(Nc2nc(Nc3ccc(/C=C\c4ccc(Nc5nc(Nc6cc(S(=O)(=O)[O-])ccc6S(=O)(=O)[O-])nc(N6CCOCC6)n5)cc4S(=O)(=O)[O-])c(S(=O)(=O)[O-])c3)nc(N3CCOCC3)n2)c1.[Na+].[Na+].[Na+].[Na+].[Na+].[Na+]. The number of ether oxygens (including phenoxy) is 2. The Balaban J connectivity index is 0.00000401. The van der Waals surface area contributed by atoms with Gasteiger partial charge in [0.05, 0.1) is 67.2 Å². The maximum Gasteiger partial charge on any atom is 1.00 e. The van der Waals surface area contributed by atoms with Crippen molar-refractivity contribution in [1.82, 2.24) is 29.9 Å². The zero-order valence-corrected chi connectivity index (χ0v) is 61.8. The summed E-state index contributed by atoms with van der Waals surface area (Å²) in [6.45, 7) is 1.62. The van der Waals surface area contributed by atoms with E-state index in [1.165, 1.54) is 12.1 Å². The molecule has 2 fully saturated rings. The molecule has 0 unspecified atom stereocenters. The maximum absolute atomic E-state index is 12.7. The van der Waals surface area contributed by atoms with E-state index in [2.05, 4.69) is 51.2 Å². The molecule has 2 saturated heterocycles. The Labute approximate surface area is 613 Å². The van der Waals surface area contributed by atoms with E-state index < -0.39 is 125 Å². The van der Waals surface area contributed by atoms with Crippen LogP contribution in [0, 0.1) is 0 Å². The van der Waals surface area contributed by atoms with Gasteiger partial charge in [-0.2, -0.15) is 29.9 Å². The number of anilines is 10. The van der Waals surface area contributed by atoms with Crippen LogP contribution in [0.15, 0.2) is 102 Å². The molecule has 0 amide bonds. The van der Waals surface area contributed by atoms with Crippen molar-refractivity contribution in [1.29, 1.82) is 0 Å². The normalized spacial score (nSPS) is 14.0. The zero-order chi connectivity index (χ0) is 56.6. The summed E-state index contributed by atoms with van der Waals surface area (Å²) in [7, 11) is -31.8. The van der Waals surface area contributed by atoms with Gasteiger partial charge >= 0.3 is 177 Å². The predicted octanol–water partition coefficient (Wildman–Crippen LogP) is -17.7. The van der Waals surface area contributed by atoms with Crippen LogP contribution in [0.25, 0.3) is 12.2 Å². The molecule has 0 aliphatic carbocycles. The van der Waals surface area contributed by atoms with E-state index in [9.17, 15) is 77.8 Å². The molecule has 4 aromatic carbocycles. The molecule has 8 rings (SSSR count). The van der Waals surface area contributed by atoms with Crippen molar-refractivity contribution in [3.63, 3.8) is 0 Å². The van der Waals surface area contributed by atoms with Crippen molar-refractivity contribution < 1.29 is 265 Å². The fourth-order valence-corrected chi connectivity index (χ4v) is 10.9. The quantitative estimate of drug-likeness (QED) is 0.0353. The topological polar surface area (TPSA) is 494 Å². The molecule has 0 atom stereocenters. The summed E-state index contributed by atoms with van der Waals surface area (Å²) in [5.41, 5.74) is -2.47. The van der Waals surface area contributed by atoms with Crippen LogP contribution in [0.4, 0.5) is 58.4 Å². The van der Waals surface area contributed by atoms with E-state index >= 15 is 0 Å². The minimum absolute atomic E-state index is 0. The Kier molecular flexibility index (Phi) is 30.3. The van der Waals surface area contributed by atoms with Crippen molar-refractivity contribution in [2.75, 3.05) is 83.7 Å². The van der Waals surface area contributed by atoms with E-state index in [1.807, 2.05) is 0 Å². The first-order valence-electron chi connectivity index (χ1n) is 21.6. The number of rotatable bonds is 18. The van der Waals surface area contributed by atoms with Crippen LogP contribution in [0.5, 0.6) is 0 Å². The summed E-state index contributed by atoms with van der Waals surface area (Å²) in [6.07, 6.45) is 1.99. The molecule has 0 radical (unpaired) electrons. The third kappa shape index (κ3) is 21.2. The first-order valence-corrected chi connectivity index (χ1v) is 30.1. The van der Waals surface area contributed by atoms with Gasteiger partial charge in [0.2, 0.25) is 35.7 Å². The Morgan fingerprint density at radius 1 is 0.369 bits per heavy atom. The van der Waals surface area contributed by atoms with Gasteiger partial charge in [0, 0.05) is 37.6 Å². The Hall–Kier alpha value is -1.18. The summed E-state index contributed by atoms with van der Waals surface area (Å²) >= 11 is 0. The molecule has 0 bridgehead atoms. The van der Waals surface area contributed by atoms with Crippen molar-refractivity contribution in [3.8, 4) is 0 Å². The monoisotopic (exact) mass is 1330 g/mol. The van der Waals surface area contributed by atoms with Gasteiger partial charge in [-0.1, -0.05) is 24.3 Å². The van der Waals surface area contributed by atoms with E-state index in [0.717, 1.165) is 36.4 Å². The summed E-state index contributed by atoms with van der Waals surface area (Å²) in [5.74, 6) is -2.07. The average Bonchev–Trinajstić information content (AvgIpc) is 3.54. The molecule has 32 nitrogen and oxygen atoms in total. The number of hydrogen-bond donors (Lipinski definition) is 4. The summed E-state index contributed by atoms with van der Waals surface area (Å²) < 4.78 is 230. The molecular weight excluding hydrogens is 1300 g/mol. The van der Waals surface area contributed by atoms with Gasteiger partial charge in [0.25, 0.3) is 0 Å². The minimum atomic E-state index is -5.40. The van der Waals surface area contributed by atoms with Crippen LogP contribution in [0.2, 0.25) is 0 Å². The number of hydrogen-bond acceptors (Lipinski definition) is 32. The van der Waals surface area contributed by atoms with Crippen molar-refractivity contribution >= 4 is 131 Å². The largest absolute Gasteiger partial charge is 1.00 e. The predicted molar refractivity (Wildman–Crippen MR) is 261 cm³/mol. The van der Waals surface area contributed by atoms with Crippen LogP contribution in [-0.4, -0.2) is 160 Å². The molecular formula is C40H34N12Na6O20S6.